The molecule has 0 aliphatic heterocycles. The van der Waals surface area contributed by atoms with Crippen LogP contribution in [0.4, 0.5) is 0 Å². The molecule has 0 bridgehead atoms. The quantitative estimate of drug-likeness (QED) is 0.805. The number of likely N-dealkylation sites (N-methyl/N-ethyl adjacent to an activating group) is 1. The van der Waals surface area contributed by atoms with Crippen LogP contribution in [0.25, 0.3) is 0 Å². The van der Waals surface area contributed by atoms with Crippen LogP contribution in [0.15, 0.2) is 22.8 Å². The van der Waals surface area contributed by atoms with Crippen molar-refractivity contribution < 1.29 is 9.52 Å². The Morgan fingerprint density at radius 3 is 2.65 bits per heavy atom. The molecule has 1 aliphatic carbocycles. The van der Waals surface area contributed by atoms with Gasteiger partial charge in [0.05, 0.1) is 12.3 Å². The summed E-state index contributed by atoms with van der Waals surface area (Å²) in [6.07, 6.45) is 7.82. The van der Waals surface area contributed by atoms with Gasteiger partial charge in [-0.25, -0.2) is 0 Å². The lowest BCUT2D eigenvalue weighted by Gasteiger charge is -2.36. The van der Waals surface area contributed by atoms with E-state index in [4.69, 9.17) is 4.42 Å². The van der Waals surface area contributed by atoms with E-state index in [1.54, 1.807) is 6.26 Å². The highest BCUT2D eigenvalue weighted by atomic mass is 16.3. The number of hydrogen-bond acceptors (Lipinski definition) is 4. The molecule has 4 nitrogen and oxygen atoms in total. The van der Waals surface area contributed by atoms with Gasteiger partial charge in [0.15, 0.2) is 0 Å². The van der Waals surface area contributed by atoms with E-state index >= 15 is 0 Å². The molecular weight excluding hydrogens is 252 g/mol. The fraction of sp³-hybridized carbons (Fsp3) is 0.750. The molecule has 20 heavy (non-hydrogen) atoms. The first-order valence-electron chi connectivity index (χ1n) is 7.68. The molecule has 1 aromatic heterocycles. The summed E-state index contributed by atoms with van der Waals surface area (Å²) in [7, 11) is 4.13. The van der Waals surface area contributed by atoms with Gasteiger partial charge in [0.2, 0.25) is 0 Å². The van der Waals surface area contributed by atoms with E-state index in [1.807, 2.05) is 12.1 Å². The predicted molar refractivity (Wildman–Crippen MR) is 80.6 cm³/mol. The van der Waals surface area contributed by atoms with Crippen molar-refractivity contribution in [3.8, 4) is 0 Å². The van der Waals surface area contributed by atoms with Crippen molar-refractivity contribution in [3.63, 3.8) is 0 Å². The normalized spacial score (nSPS) is 20.2. The molecule has 1 unspecified atom stereocenters. The molecule has 0 radical (unpaired) electrons. The van der Waals surface area contributed by atoms with Crippen LogP contribution in [-0.4, -0.2) is 43.8 Å². The Hall–Kier alpha value is -0.840. The maximum absolute atomic E-state index is 9.73. The molecule has 114 valence electrons. The molecule has 2 rings (SSSR count). The fourth-order valence-electron chi connectivity index (χ4n) is 3.19. The molecule has 4 heteroatoms. The molecule has 0 amide bonds. The van der Waals surface area contributed by atoms with Crippen molar-refractivity contribution in [2.75, 3.05) is 33.8 Å². The van der Waals surface area contributed by atoms with E-state index in [-0.39, 0.29) is 11.5 Å². The molecule has 0 saturated heterocycles. The van der Waals surface area contributed by atoms with Crippen molar-refractivity contribution in [3.05, 3.63) is 24.2 Å². The Morgan fingerprint density at radius 1 is 1.35 bits per heavy atom. The van der Waals surface area contributed by atoms with E-state index < -0.39 is 0 Å². The molecule has 0 aromatic carbocycles. The van der Waals surface area contributed by atoms with Crippen LogP contribution >= 0.6 is 0 Å². The van der Waals surface area contributed by atoms with Crippen molar-refractivity contribution in [1.29, 1.82) is 0 Å². The van der Waals surface area contributed by atoms with Gasteiger partial charge in [0, 0.05) is 25.1 Å². The van der Waals surface area contributed by atoms with E-state index in [2.05, 4.69) is 24.3 Å². The van der Waals surface area contributed by atoms with Crippen LogP contribution in [0.1, 0.15) is 43.9 Å². The van der Waals surface area contributed by atoms with Gasteiger partial charge in [-0.05, 0) is 39.1 Å². The maximum Gasteiger partial charge on any atom is 0.122 e. The van der Waals surface area contributed by atoms with Gasteiger partial charge in [0.1, 0.15) is 5.76 Å². The van der Waals surface area contributed by atoms with Crippen LogP contribution < -0.4 is 5.32 Å². The number of rotatable bonds is 7. The van der Waals surface area contributed by atoms with Gasteiger partial charge in [-0.2, -0.15) is 0 Å². The first-order valence-corrected chi connectivity index (χ1v) is 7.68. The van der Waals surface area contributed by atoms with Gasteiger partial charge in [-0.1, -0.05) is 19.3 Å². The summed E-state index contributed by atoms with van der Waals surface area (Å²) in [4.78, 5) is 2.17. The van der Waals surface area contributed by atoms with E-state index in [0.29, 0.717) is 6.61 Å². The molecule has 1 heterocycles. The summed E-state index contributed by atoms with van der Waals surface area (Å²) in [5.41, 5.74) is 0.0955. The molecule has 1 atom stereocenters. The standard InChI is InChI=1S/C16H28N2O2/c1-18(2)14(15-7-6-10-20-15)11-17-12-16(13-19)8-4-3-5-9-16/h6-7,10,14,17,19H,3-5,8-9,11-13H2,1-2H3. The Balaban J connectivity index is 1.86. The Bertz CT molecular complexity index is 370. The van der Waals surface area contributed by atoms with Crippen LogP contribution in [0.2, 0.25) is 0 Å². The number of nitrogens with zero attached hydrogens (tertiary/aromatic N) is 1. The summed E-state index contributed by atoms with van der Waals surface area (Å²) in [6.45, 7) is 2.05. The van der Waals surface area contributed by atoms with Gasteiger partial charge in [-0.15, -0.1) is 0 Å². The predicted octanol–water partition coefficient (Wildman–Crippen LogP) is 2.41. The average Bonchev–Trinajstić information content (AvgIpc) is 2.98. The third kappa shape index (κ3) is 3.84. The molecule has 1 aliphatic rings. The van der Waals surface area contributed by atoms with Crippen LogP contribution in [0.3, 0.4) is 0 Å². The first-order chi connectivity index (χ1) is 9.67. The topological polar surface area (TPSA) is 48.6 Å². The second kappa shape index (κ2) is 7.25. The number of furan rings is 1. The Kier molecular flexibility index (Phi) is 5.64. The van der Waals surface area contributed by atoms with Gasteiger partial charge < -0.3 is 14.8 Å². The SMILES string of the molecule is CN(C)C(CNCC1(CO)CCCCC1)c1ccco1. The number of aliphatic hydroxyl groups excluding tert-OH is 1. The lowest BCUT2D eigenvalue weighted by Crippen LogP contribution is -2.41. The molecule has 2 N–H and O–H groups in total. The maximum atomic E-state index is 9.73. The van der Waals surface area contributed by atoms with Crippen molar-refractivity contribution in [1.82, 2.24) is 10.2 Å². The number of aliphatic hydroxyl groups is 1. The minimum absolute atomic E-state index is 0.0955. The summed E-state index contributed by atoms with van der Waals surface area (Å²) in [5, 5.41) is 13.3. The second-order valence-corrected chi connectivity index (χ2v) is 6.34. The minimum Gasteiger partial charge on any atom is -0.468 e. The number of hydrogen-bond donors (Lipinski definition) is 2. The molecule has 1 fully saturated rings. The van der Waals surface area contributed by atoms with Crippen molar-refractivity contribution in [2.24, 2.45) is 5.41 Å². The van der Waals surface area contributed by atoms with Gasteiger partial charge in [-0.3, -0.25) is 4.90 Å². The van der Waals surface area contributed by atoms with Gasteiger partial charge >= 0.3 is 0 Å². The summed E-state index contributed by atoms with van der Waals surface area (Å²) >= 11 is 0. The zero-order chi connectivity index (χ0) is 14.4. The van der Waals surface area contributed by atoms with Gasteiger partial charge in [0.25, 0.3) is 0 Å². The largest absolute Gasteiger partial charge is 0.468 e. The third-order valence-electron chi connectivity index (χ3n) is 4.58. The monoisotopic (exact) mass is 280 g/mol. The smallest absolute Gasteiger partial charge is 0.122 e. The third-order valence-corrected chi connectivity index (χ3v) is 4.58. The van der Waals surface area contributed by atoms with Crippen molar-refractivity contribution >= 4 is 0 Å². The molecule has 1 aromatic rings. The lowest BCUT2D eigenvalue weighted by atomic mass is 9.74. The summed E-state index contributed by atoms with van der Waals surface area (Å²) < 4.78 is 5.52. The lowest BCUT2D eigenvalue weighted by molar-refractivity contribution is 0.0789. The zero-order valence-electron chi connectivity index (χ0n) is 12.8. The fourth-order valence-corrected chi connectivity index (χ4v) is 3.19. The van der Waals surface area contributed by atoms with E-state index in [0.717, 1.165) is 31.7 Å². The Morgan fingerprint density at radius 2 is 2.10 bits per heavy atom. The first kappa shape index (κ1) is 15.5. The highest BCUT2D eigenvalue weighted by Gasteiger charge is 2.31. The molecule has 0 spiro atoms. The van der Waals surface area contributed by atoms with Crippen molar-refractivity contribution in [2.45, 2.75) is 38.1 Å². The zero-order valence-corrected chi connectivity index (χ0v) is 12.8. The minimum atomic E-state index is 0.0955. The van der Waals surface area contributed by atoms with Crippen LogP contribution in [-0.2, 0) is 0 Å². The second-order valence-electron chi connectivity index (χ2n) is 6.34. The average molecular weight is 280 g/mol. The molecule has 1 saturated carbocycles. The van der Waals surface area contributed by atoms with E-state index in [1.165, 1.54) is 19.3 Å². The Labute approximate surface area is 122 Å². The number of nitrogens with one attached hydrogen (secondary N) is 1. The summed E-state index contributed by atoms with van der Waals surface area (Å²) in [6, 6.07) is 4.20. The van der Waals surface area contributed by atoms with Crippen LogP contribution in [0.5, 0.6) is 0 Å². The molecular formula is C16H28N2O2. The highest BCUT2D eigenvalue weighted by Crippen LogP contribution is 2.35. The van der Waals surface area contributed by atoms with E-state index in [9.17, 15) is 5.11 Å². The summed E-state index contributed by atoms with van der Waals surface area (Å²) in [5.74, 6) is 0.990. The van der Waals surface area contributed by atoms with Crippen LogP contribution in [0, 0.1) is 5.41 Å². The highest BCUT2D eigenvalue weighted by molar-refractivity contribution is 5.05.